The molecule has 0 aliphatic carbocycles. The molecule has 0 radical (unpaired) electrons. The molecule has 0 fully saturated rings. The predicted octanol–water partition coefficient (Wildman–Crippen LogP) is 0.341. The highest BCUT2D eigenvalue weighted by molar-refractivity contribution is 7.92. The summed E-state index contributed by atoms with van der Waals surface area (Å²) >= 11 is 0. The molecule has 0 bridgehead atoms. The third-order valence-electron chi connectivity index (χ3n) is 2.74. The molecule has 2 rings (SSSR count). The van der Waals surface area contributed by atoms with Crippen molar-refractivity contribution in [3.8, 4) is 0 Å². The average molecular weight is 270 g/mol. The van der Waals surface area contributed by atoms with Crippen LogP contribution < -0.4 is 0 Å². The van der Waals surface area contributed by atoms with Crippen LogP contribution in [-0.2, 0) is 21.2 Å². The van der Waals surface area contributed by atoms with E-state index in [2.05, 4.69) is 0 Å². The van der Waals surface area contributed by atoms with Gasteiger partial charge in [-0.3, -0.25) is 14.9 Å². The molecule has 0 N–H and O–H groups in total. The number of nitrogens with zero attached hydrogens (tertiary/aromatic N) is 2. The number of non-ortho nitro benzene ring substituents is 1. The van der Waals surface area contributed by atoms with Crippen LogP contribution in [0.1, 0.15) is 5.56 Å². The van der Waals surface area contributed by atoms with Crippen molar-refractivity contribution in [1.29, 1.82) is 0 Å². The summed E-state index contributed by atoms with van der Waals surface area (Å²) in [6.45, 7) is 0.0507. The maximum Gasteiger partial charge on any atom is 0.269 e. The second kappa shape index (κ2) is 4.05. The number of carbonyl (C=O) groups excluding carboxylic acids is 1. The predicted molar refractivity (Wildman–Crippen MR) is 61.6 cm³/mol. The van der Waals surface area contributed by atoms with E-state index >= 15 is 0 Å². The van der Waals surface area contributed by atoms with E-state index < -0.39 is 26.4 Å². The lowest BCUT2D eigenvalue weighted by molar-refractivity contribution is -0.385. The number of hydrogen-bond donors (Lipinski definition) is 0. The molecule has 0 spiro atoms. The second-order valence-corrected chi connectivity index (χ2v) is 6.02. The van der Waals surface area contributed by atoms with Gasteiger partial charge in [-0.15, -0.1) is 0 Å². The molecular weight excluding hydrogens is 260 g/mol. The van der Waals surface area contributed by atoms with Crippen molar-refractivity contribution in [2.75, 3.05) is 12.8 Å². The summed E-state index contributed by atoms with van der Waals surface area (Å²) in [5, 5.41) is 10.7. The molecule has 7 nitrogen and oxygen atoms in total. The zero-order valence-corrected chi connectivity index (χ0v) is 10.3. The van der Waals surface area contributed by atoms with Crippen LogP contribution in [0.15, 0.2) is 23.1 Å². The summed E-state index contributed by atoms with van der Waals surface area (Å²) in [6.07, 6.45) is 0. The topological polar surface area (TPSA) is 97.6 Å². The number of nitro benzene ring substituents is 1. The lowest BCUT2D eigenvalue weighted by Gasteiger charge is -2.12. The fraction of sp³-hybridized carbons (Fsp3) is 0.300. The van der Waals surface area contributed by atoms with E-state index in [9.17, 15) is 23.3 Å². The summed E-state index contributed by atoms with van der Waals surface area (Å²) < 4.78 is 23.8. The monoisotopic (exact) mass is 270 g/mol. The molecule has 0 aromatic heterocycles. The van der Waals surface area contributed by atoms with Crippen LogP contribution in [0.3, 0.4) is 0 Å². The number of sulfone groups is 1. The first-order valence-electron chi connectivity index (χ1n) is 5.05. The summed E-state index contributed by atoms with van der Waals surface area (Å²) in [6, 6.07) is 3.52. The molecule has 0 atom stereocenters. The Morgan fingerprint density at radius 3 is 2.67 bits per heavy atom. The van der Waals surface area contributed by atoms with E-state index in [1.165, 1.54) is 24.1 Å². The molecule has 18 heavy (non-hydrogen) atoms. The number of benzene rings is 1. The van der Waals surface area contributed by atoms with Crippen LogP contribution in [0.5, 0.6) is 0 Å². The molecule has 1 aromatic rings. The van der Waals surface area contributed by atoms with Crippen LogP contribution in [0.2, 0.25) is 0 Å². The first-order valence-corrected chi connectivity index (χ1v) is 6.70. The van der Waals surface area contributed by atoms with Crippen molar-refractivity contribution < 1.29 is 18.1 Å². The highest BCUT2D eigenvalue weighted by Crippen LogP contribution is 2.26. The summed E-state index contributed by atoms with van der Waals surface area (Å²) in [7, 11) is -2.25. The molecule has 1 aromatic carbocycles. The molecule has 1 amide bonds. The minimum Gasteiger partial charge on any atom is -0.340 e. The fourth-order valence-corrected chi connectivity index (χ4v) is 3.30. The Morgan fingerprint density at radius 2 is 2.06 bits per heavy atom. The van der Waals surface area contributed by atoms with Crippen molar-refractivity contribution in [2.24, 2.45) is 0 Å². The third kappa shape index (κ3) is 2.06. The molecule has 8 heteroatoms. The Labute approximate surface area is 103 Å². The van der Waals surface area contributed by atoms with Crippen LogP contribution in [0.4, 0.5) is 5.69 Å². The number of rotatable bonds is 1. The van der Waals surface area contributed by atoms with Gasteiger partial charge in [0.15, 0.2) is 9.84 Å². The van der Waals surface area contributed by atoms with Gasteiger partial charge in [0.25, 0.3) is 5.69 Å². The van der Waals surface area contributed by atoms with Crippen molar-refractivity contribution in [3.05, 3.63) is 33.9 Å². The highest BCUT2D eigenvalue weighted by atomic mass is 32.2. The lowest BCUT2D eigenvalue weighted by Crippen LogP contribution is -2.28. The molecule has 96 valence electrons. The molecule has 1 aliphatic rings. The zero-order valence-electron chi connectivity index (χ0n) is 9.49. The summed E-state index contributed by atoms with van der Waals surface area (Å²) in [5.41, 5.74) is 0.0873. The van der Waals surface area contributed by atoms with Gasteiger partial charge < -0.3 is 4.90 Å². The Bertz CT molecular complexity index is 638. The van der Waals surface area contributed by atoms with Crippen molar-refractivity contribution in [2.45, 2.75) is 11.4 Å². The molecule has 0 saturated heterocycles. The number of fused-ring (bicyclic) bond motifs is 1. The van der Waals surface area contributed by atoms with Gasteiger partial charge in [-0.2, -0.15) is 0 Å². The van der Waals surface area contributed by atoms with Crippen LogP contribution in [0, 0.1) is 10.1 Å². The van der Waals surface area contributed by atoms with Crippen molar-refractivity contribution in [1.82, 2.24) is 4.90 Å². The fourth-order valence-electron chi connectivity index (χ4n) is 1.80. The maximum absolute atomic E-state index is 11.9. The van der Waals surface area contributed by atoms with Gasteiger partial charge in [-0.05, 0) is 11.6 Å². The first kappa shape index (κ1) is 12.5. The number of carbonyl (C=O) groups is 1. The Morgan fingerprint density at radius 1 is 1.39 bits per heavy atom. The number of nitro groups is 1. The minimum absolute atomic E-state index is 0.00852. The van der Waals surface area contributed by atoms with Crippen LogP contribution >= 0.6 is 0 Å². The Kier molecular flexibility index (Phi) is 2.81. The normalized spacial score (nSPS) is 18.1. The van der Waals surface area contributed by atoms with Crippen molar-refractivity contribution >= 4 is 21.4 Å². The maximum atomic E-state index is 11.9. The van der Waals surface area contributed by atoms with E-state index in [0.717, 1.165) is 6.07 Å². The van der Waals surface area contributed by atoms with Gasteiger partial charge in [0.2, 0.25) is 5.91 Å². The Hall–Kier alpha value is -1.96. The van der Waals surface area contributed by atoms with Gasteiger partial charge in [0.05, 0.1) is 9.82 Å². The van der Waals surface area contributed by atoms with Gasteiger partial charge >= 0.3 is 0 Å². The quantitative estimate of drug-likeness (QED) is 0.541. The van der Waals surface area contributed by atoms with Gasteiger partial charge in [0.1, 0.15) is 5.75 Å². The number of hydrogen-bond acceptors (Lipinski definition) is 5. The van der Waals surface area contributed by atoms with E-state index in [1.807, 2.05) is 0 Å². The first-order chi connectivity index (χ1) is 8.31. The molecule has 1 aliphatic heterocycles. The highest BCUT2D eigenvalue weighted by Gasteiger charge is 2.30. The van der Waals surface area contributed by atoms with Gasteiger partial charge in [-0.1, -0.05) is 0 Å². The lowest BCUT2D eigenvalue weighted by atomic mass is 10.2. The minimum atomic E-state index is -3.72. The summed E-state index contributed by atoms with van der Waals surface area (Å²) in [4.78, 5) is 22.8. The standard InChI is InChI=1S/C10H10N2O5S/c1-11-5-7-4-8(12(14)15)2-3-9(7)18(16,17)6-10(11)13/h2-4H,5-6H2,1H3. The van der Waals surface area contributed by atoms with Crippen molar-refractivity contribution in [3.63, 3.8) is 0 Å². The van der Waals surface area contributed by atoms with E-state index in [-0.39, 0.29) is 22.7 Å². The van der Waals surface area contributed by atoms with E-state index in [0.29, 0.717) is 0 Å². The van der Waals surface area contributed by atoms with Gasteiger partial charge in [-0.25, -0.2) is 8.42 Å². The average Bonchev–Trinajstić information content (AvgIpc) is 2.34. The molecular formula is C10H10N2O5S. The smallest absolute Gasteiger partial charge is 0.269 e. The van der Waals surface area contributed by atoms with Gasteiger partial charge in [0, 0.05) is 25.7 Å². The largest absolute Gasteiger partial charge is 0.340 e. The molecule has 0 unspecified atom stereocenters. The second-order valence-electron chi connectivity index (χ2n) is 4.06. The number of amides is 1. The van der Waals surface area contributed by atoms with Crippen LogP contribution in [-0.4, -0.2) is 36.9 Å². The SMILES string of the molecule is CN1Cc2cc([N+](=O)[O-])ccc2S(=O)(=O)CC1=O. The Balaban J connectivity index is 2.63. The van der Waals surface area contributed by atoms with Crippen LogP contribution in [0.25, 0.3) is 0 Å². The zero-order chi connectivity index (χ0) is 13.5. The third-order valence-corrected chi connectivity index (χ3v) is 4.43. The molecule has 1 heterocycles. The van der Waals surface area contributed by atoms with E-state index in [1.54, 1.807) is 0 Å². The molecule has 0 saturated carbocycles. The van der Waals surface area contributed by atoms with E-state index in [4.69, 9.17) is 0 Å². The summed E-state index contributed by atoms with van der Waals surface area (Å²) in [5.74, 6) is -1.12.